The Labute approximate surface area is 224 Å². The summed E-state index contributed by atoms with van der Waals surface area (Å²) >= 11 is 0. The van der Waals surface area contributed by atoms with E-state index in [1.54, 1.807) is 0 Å². The predicted octanol–water partition coefficient (Wildman–Crippen LogP) is 7.72. The number of anilines is 4. The summed E-state index contributed by atoms with van der Waals surface area (Å²) in [6.45, 7) is 18.6. The monoisotopic (exact) mass is 504 g/mol. The van der Waals surface area contributed by atoms with E-state index in [4.69, 9.17) is 9.97 Å². The average molecular weight is 505 g/mol. The molecule has 2 aromatic heterocycles. The SMILES string of the molecule is CC1(C)N(c2ccc3nc4n(c3c2)C(C)(C)C(C)(C)N4c2ccccc2)c2nc3ccccc3n2C1(C)C. The molecule has 0 N–H and O–H groups in total. The predicted molar refractivity (Wildman–Crippen MR) is 157 cm³/mol. The van der Waals surface area contributed by atoms with Crippen molar-refractivity contribution < 1.29 is 0 Å². The first-order valence-electron chi connectivity index (χ1n) is 13.6. The van der Waals surface area contributed by atoms with Gasteiger partial charge in [-0.3, -0.25) is 0 Å². The largest absolute Gasteiger partial charge is 0.304 e. The number of fused-ring (bicyclic) bond motifs is 6. The molecule has 0 aliphatic carbocycles. The molecular formula is C32H36N6. The molecule has 0 unspecified atom stereocenters. The van der Waals surface area contributed by atoms with Gasteiger partial charge in [-0.1, -0.05) is 30.3 Å². The van der Waals surface area contributed by atoms with Crippen LogP contribution in [0.2, 0.25) is 0 Å². The summed E-state index contributed by atoms with van der Waals surface area (Å²) in [5.74, 6) is 1.99. The van der Waals surface area contributed by atoms with Crippen LogP contribution in [0, 0.1) is 0 Å². The van der Waals surface area contributed by atoms with Crippen molar-refractivity contribution in [1.29, 1.82) is 0 Å². The van der Waals surface area contributed by atoms with Gasteiger partial charge in [0.05, 0.1) is 44.2 Å². The molecule has 194 valence electrons. The number of hydrogen-bond acceptors (Lipinski definition) is 4. The van der Waals surface area contributed by atoms with Crippen LogP contribution in [0.4, 0.5) is 23.3 Å². The lowest BCUT2D eigenvalue weighted by Crippen LogP contribution is -2.51. The minimum absolute atomic E-state index is 0.169. The summed E-state index contributed by atoms with van der Waals surface area (Å²) in [5, 5.41) is 0. The van der Waals surface area contributed by atoms with Gasteiger partial charge in [0.2, 0.25) is 11.9 Å². The fourth-order valence-corrected chi connectivity index (χ4v) is 6.65. The average Bonchev–Trinajstić information content (AvgIpc) is 3.50. The van der Waals surface area contributed by atoms with E-state index in [9.17, 15) is 0 Å². The van der Waals surface area contributed by atoms with E-state index in [0.717, 1.165) is 39.8 Å². The number of nitrogens with zero attached hydrogens (tertiary/aromatic N) is 6. The summed E-state index contributed by atoms with van der Waals surface area (Å²) in [6.07, 6.45) is 0. The van der Waals surface area contributed by atoms with Crippen molar-refractivity contribution in [2.24, 2.45) is 0 Å². The maximum absolute atomic E-state index is 5.20. The molecule has 0 radical (unpaired) electrons. The van der Waals surface area contributed by atoms with Crippen molar-refractivity contribution >= 4 is 45.3 Å². The third-order valence-electron chi connectivity index (χ3n) is 10.1. The van der Waals surface area contributed by atoms with Crippen LogP contribution >= 0.6 is 0 Å². The molecule has 2 aliphatic heterocycles. The Morgan fingerprint density at radius 2 is 0.974 bits per heavy atom. The zero-order chi connectivity index (χ0) is 26.8. The highest BCUT2D eigenvalue weighted by Crippen LogP contribution is 2.54. The quantitative estimate of drug-likeness (QED) is 0.247. The number of imidazole rings is 2. The minimum atomic E-state index is -0.203. The van der Waals surface area contributed by atoms with Crippen molar-refractivity contribution in [2.45, 2.75) is 77.5 Å². The van der Waals surface area contributed by atoms with Gasteiger partial charge in [-0.05, 0) is 97.9 Å². The van der Waals surface area contributed by atoms with Gasteiger partial charge < -0.3 is 18.9 Å². The van der Waals surface area contributed by atoms with Gasteiger partial charge in [0, 0.05) is 11.4 Å². The van der Waals surface area contributed by atoms with Crippen molar-refractivity contribution in [3.8, 4) is 0 Å². The Morgan fingerprint density at radius 3 is 1.61 bits per heavy atom. The number of benzene rings is 3. The molecule has 6 heteroatoms. The van der Waals surface area contributed by atoms with Crippen LogP contribution in [0.5, 0.6) is 0 Å². The Kier molecular flexibility index (Phi) is 4.29. The molecule has 4 heterocycles. The first kappa shape index (κ1) is 23.3. The smallest absolute Gasteiger partial charge is 0.212 e. The lowest BCUT2D eigenvalue weighted by atomic mass is 9.82. The first-order valence-corrected chi connectivity index (χ1v) is 13.6. The molecule has 7 rings (SSSR count). The normalized spacial score (nSPS) is 20.3. The molecule has 6 nitrogen and oxygen atoms in total. The highest BCUT2D eigenvalue weighted by atomic mass is 15.5. The van der Waals surface area contributed by atoms with Crippen LogP contribution in [-0.4, -0.2) is 30.2 Å². The standard InChI is InChI=1S/C32H36N6/c1-29(2)32(7,8)38-26-20-22(18-19-24(26)34-27(38)35(29)21-14-10-9-11-15-21)36-28-33-23-16-12-13-17-25(23)37(28)31(5,6)30(36,3)4/h9-20H,1-8H3. The zero-order valence-electron chi connectivity index (χ0n) is 23.6. The molecule has 2 aliphatic rings. The van der Waals surface area contributed by atoms with Gasteiger partial charge in [0.15, 0.2) is 0 Å². The zero-order valence-corrected chi connectivity index (χ0v) is 23.6. The molecule has 0 saturated heterocycles. The van der Waals surface area contributed by atoms with Crippen LogP contribution in [0.15, 0.2) is 72.8 Å². The first-order chi connectivity index (χ1) is 17.9. The van der Waals surface area contributed by atoms with Crippen LogP contribution in [-0.2, 0) is 11.1 Å². The van der Waals surface area contributed by atoms with Gasteiger partial charge >= 0.3 is 0 Å². The lowest BCUT2D eigenvalue weighted by molar-refractivity contribution is 0.252. The molecule has 0 bridgehead atoms. The molecule has 0 saturated carbocycles. The Morgan fingerprint density at radius 1 is 0.474 bits per heavy atom. The molecule has 5 aromatic rings. The van der Waals surface area contributed by atoms with Crippen LogP contribution < -0.4 is 9.80 Å². The highest BCUT2D eigenvalue weighted by molar-refractivity contribution is 5.89. The Bertz CT molecular complexity index is 1730. The van der Waals surface area contributed by atoms with E-state index in [0.29, 0.717) is 0 Å². The molecule has 0 atom stereocenters. The van der Waals surface area contributed by atoms with Crippen molar-refractivity contribution in [3.05, 3.63) is 72.8 Å². The molecule has 0 spiro atoms. The number of para-hydroxylation sites is 3. The number of aromatic nitrogens is 4. The summed E-state index contributed by atoms with van der Waals surface area (Å²) in [5.41, 5.74) is 5.93. The van der Waals surface area contributed by atoms with Gasteiger partial charge in [-0.25, -0.2) is 9.97 Å². The molecular weight excluding hydrogens is 468 g/mol. The second kappa shape index (κ2) is 6.99. The van der Waals surface area contributed by atoms with Crippen LogP contribution in [0.1, 0.15) is 55.4 Å². The Balaban J connectivity index is 1.46. The molecule has 0 fully saturated rings. The minimum Gasteiger partial charge on any atom is -0.304 e. The second-order valence-corrected chi connectivity index (χ2v) is 12.9. The highest BCUT2D eigenvalue weighted by Gasteiger charge is 2.55. The molecule has 3 aromatic carbocycles. The van der Waals surface area contributed by atoms with Crippen molar-refractivity contribution in [1.82, 2.24) is 19.1 Å². The summed E-state index contributed by atoms with van der Waals surface area (Å²) in [7, 11) is 0. The van der Waals surface area contributed by atoms with Gasteiger partial charge in [0.1, 0.15) is 0 Å². The van der Waals surface area contributed by atoms with Gasteiger partial charge in [0.25, 0.3) is 0 Å². The number of hydrogen-bond donors (Lipinski definition) is 0. The van der Waals surface area contributed by atoms with Gasteiger partial charge in [-0.15, -0.1) is 0 Å². The fraction of sp³-hybridized carbons (Fsp3) is 0.375. The van der Waals surface area contributed by atoms with Crippen molar-refractivity contribution in [3.63, 3.8) is 0 Å². The maximum Gasteiger partial charge on any atom is 0.212 e. The summed E-state index contributed by atoms with van der Waals surface area (Å²) < 4.78 is 4.85. The van der Waals surface area contributed by atoms with E-state index in [1.807, 2.05) is 0 Å². The van der Waals surface area contributed by atoms with Gasteiger partial charge in [-0.2, -0.15) is 0 Å². The third kappa shape index (κ3) is 2.58. The summed E-state index contributed by atoms with van der Waals surface area (Å²) in [4.78, 5) is 15.2. The second-order valence-electron chi connectivity index (χ2n) is 12.9. The topological polar surface area (TPSA) is 42.1 Å². The van der Waals surface area contributed by atoms with Crippen LogP contribution in [0.3, 0.4) is 0 Å². The van der Waals surface area contributed by atoms with Crippen molar-refractivity contribution in [2.75, 3.05) is 9.80 Å². The molecule has 38 heavy (non-hydrogen) atoms. The number of rotatable bonds is 2. The van der Waals surface area contributed by atoms with E-state index in [2.05, 4.69) is 147 Å². The van der Waals surface area contributed by atoms with E-state index < -0.39 is 0 Å². The van der Waals surface area contributed by atoms with Crippen LogP contribution in [0.25, 0.3) is 22.1 Å². The Hall–Kier alpha value is -3.80. The third-order valence-corrected chi connectivity index (χ3v) is 10.1. The van der Waals surface area contributed by atoms with E-state index >= 15 is 0 Å². The molecule has 0 amide bonds. The van der Waals surface area contributed by atoms with E-state index in [1.165, 1.54) is 5.52 Å². The lowest BCUT2D eigenvalue weighted by Gasteiger charge is -2.42. The summed E-state index contributed by atoms with van der Waals surface area (Å²) in [6, 6.07) is 25.8. The maximum atomic E-state index is 5.20. The van der Waals surface area contributed by atoms with E-state index in [-0.39, 0.29) is 22.2 Å². The fourth-order valence-electron chi connectivity index (χ4n) is 6.65.